The van der Waals surface area contributed by atoms with Gasteiger partial charge in [-0.2, -0.15) is 0 Å². The van der Waals surface area contributed by atoms with Crippen LogP contribution in [-0.4, -0.2) is 12.7 Å². The quantitative estimate of drug-likeness (QED) is 0.830. The lowest BCUT2D eigenvalue weighted by molar-refractivity contribution is -0.110. The maximum absolute atomic E-state index is 12.0. The monoisotopic (exact) mass is 280 g/mol. The van der Waals surface area contributed by atoms with Crippen LogP contribution in [0.25, 0.3) is 5.57 Å². The van der Waals surface area contributed by atoms with Gasteiger partial charge in [-0.05, 0) is 18.2 Å². The molecular formula is C16H12N2O3. The summed E-state index contributed by atoms with van der Waals surface area (Å²) >= 11 is 0. The highest BCUT2D eigenvalue weighted by atomic mass is 16.7. The fraction of sp³-hybridized carbons (Fsp3) is 0.0625. The van der Waals surface area contributed by atoms with Gasteiger partial charge in [-0.1, -0.05) is 18.2 Å². The van der Waals surface area contributed by atoms with Crippen LogP contribution in [0.5, 0.6) is 11.5 Å². The summed E-state index contributed by atoms with van der Waals surface area (Å²) in [4.78, 5) is 12.0. The molecule has 2 aromatic rings. The highest BCUT2D eigenvalue weighted by molar-refractivity contribution is 6.31. The zero-order valence-electron chi connectivity index (χ0n) is 11.1. The molecule has 0 fully saturated rings. The van der Waals surface area contributed by atoms with Crippen molar-refractivity contribution in [3.8, 4) is 11.5 Å². The van der Waals surface area contributed by atoms with E-state index in [-0.39, 0.29) is 12.7 Å². The molecule has 0 saturated heterocycles. The third-order valence-corrected chi connectivity index (χ3v) is 3.47. The van der Waals surface area contributed by atoms with E-state index in [4.69, 9.17) is 9.47 Å². The average Bonchev–Trinajstić information content (AvgIpc) is 3.08. The highest BCUT2D eigenvalue weighted by Gasteiger charge is 2.23. The van der Waals surface area contributed by atoms with Crippen LogP contribution in [0.15, 0.2) is 48.7 Å². The van der Waals surface area contributed by atoms with Crippen LogP contribution in [0.2, 0.25) is 0 Å². The number of anilines is 2. The molecule has 2 N–H and O–H groups in total. The van der Waals surface area contributed by atoms with Gasteiger partial charge in [0.15, 0.2) is 11.5 Å². The maximum Gasteiger partial charge on any atom is 0.257 e. The largest absolute Gasteiger partial charge is 0.454 e. The maximum atomic E-state index is 12.0. The summed E-state index contributed by atoms with van der Waals surface area (Å²) in [6.45, 7) is 0.246. The standard InChI is InChI=1S/C16H12N2O3/c19-16-12(11-3-1-2-4-13(11)18-16)8-17-10-5-6-14-15(7-10)21-9-20-14/h1-8,17H,9H2,(H,18,19). The van der Waals surface area contributed by atoms with Crippen molar-refractivity contribution >= 4 is 22.9 Å². The van der Waals surface area contributed by atoms with Gasteiger partial charge >= 0.3 is 0 Å². The number of para-hydroxylation sites is 1. The molecule has 0 spiro atoms. The molecule has 2 aliphatic rings. The van der Waals surface area contributed by atoms with Gasteiger partial charge in [-0.15, -0.1) is 0 Å². The summed E-state index contributed by atoms with van der Waals surface area (Å²) in [6, 6.07) is 13.2. The Morgan fingerprint density at radius 2 is 1.95 bits per heavy atom. The van der Waals surface area contributed by atoms with Crippen LogP contribution in [-0.2, 0) is 4.79 Å². The van der Waals surface area contributed by atoms with Gasteiger partial charge in [-0.3, -0.25) is 4.79 Å². The Hall–Kier alpha value is -2.95. The second-order valence-electron chi connectivity index (χ2n) is 4.77. The molecule has 0 bridgehead atoms. The number of carbonyl (C=O) groups is 1. The van der Waals surface area contributed by atoms with E-state index in [0.29, 0.717) is 11.3 Å². The van der Waals surface area contributed by atoms with E-state index >= 15 is 0 Å². The molecule has 0 unspecified atom stereocenters. The van der Waals surface area contributed by atoms with E-state index in [1.807, 2.05) is 42.5 Å². The highest BCUT2D eigenvalue weighted by Crippen LogP contribution is 2.35. The molecule has 5 heteroatoms. The predicted molar refractivity (Wildman–Crippen MR) is 79.2 cm³/mol. The van der Waals surface area contributed by atoms with Gasteiger partial charge in [-0.25, -0.2) is 0 Å². The lowest BCUT2D eigenvalue weighted by atomic mass is 10.1. The number of nitrogens with one attached hydrogen (secondary N) is 2. The van der Waals surface area contributed by atoms with Crippen LogP contribution in [0.3, 0.4) is 0 Å². The Morgan fingerprint density at radius 1 is 1.10 bits per heavy atom. The number of carbonyl (C=O) groups excluding carboxylic acids is 1. The fourth-order valence-corrected chi connectivity index (χ4v) is 2.42. The van der Waals surface area contributed by atoms with E-state index in [1.54, 1.807) is 6.20 Å². The molecule has 0 radical (unpaired) electrons. The normalized spacial score (nSPS) is 16.8. The molecule has 4 rings (SSSR count). The van der Waals surface area contributed by atoms with Crippen LogP contribution in [0.4, 0.5) is 11.4 Å². The smallest absolute Gasteiger partial charge is 0.257 e. The van der Waals surface area contributed by atoms with Crippen LogP contribution in [0, 0.1) is 0 Å². The second kappa shape index (κ2) is 4.56. The SMILES string of the molecule is O=C1Nc2ccccc2C1=CNc1ccc2c(c1)OCO2. The Bertz CT molecular complexity index is 768. The zero-order valence-corrected chi connectivity index (χ0v) is 11.1. The molecule has 0 atom stereocenters. The lowest BCUT2D eigenvalue weighted by Gasteiger charge is -2.04. The molecular weight excluding hydrogens is 268 g/mol. The number of hydrogen-bond acceptors (Lipinski definition) is 4. The Morgan fingerprint density at radius 3 is 2.90 bits per heavy atom. The lowest BCUT2D eigenvalue weighted by Crippen LogP contribution is -2.05. The summed E-state index contributed by atoms with van der Waals surface area (Å²) in [7, 11) is 0. The molecule has 2 heterocycles. The number of amides is 1. The van der Waals surface area contributed by atoms with E-state index < -0.39 is 0 Å². The minimum Gasteiger partial charge on any atom is -0.454 e. The number of rotatable bonds is 2. The van der Waals surface area contributed by atoms with Gasteiger partial charge < -0.3 is 20.1 Å². The first-order valence-electron chi connectivity index (χ1n) is 6.58. The van der Waals surface area contributed by atoms with Gasteiger partial charge in [0.25, 0.3) is 5.91 Å². The van der Waals surface area contributed by atoms with Crippen molar-refractivity contribution < 1.29 is 14.3 Å². The number of benzene rings is 2. The van der Waals surface area contributed by atoms with E-state index in [2.05, 4.69) is 10.6 Å². The van der Waals surface area contributed by atoms with E-state index in [0.717, 1.165) is 22.7 Å². The van der Waals surface area contributed by atoms with Crippen molar-refractivity contribution in [3.05, 3.63) is 54.2 Å². The first-order valence-corrected chi connectivity index (χ1v) is 6.58. The van der Waals surface area contributed by atoms with Gasteiger partial charge in [0.1, 0.15) is 0 Å². The average molecular weight is 280 g/mol. The Labute approximate surface area is 121 Å². The fourth-order valence-electron chi connectivity index (χ4n) is 2.42. The molecule has 2 aliphatic heterocycles. The van der Waals surface area contributed by atoms with Crippen LogP contribution in [0.1, 0.15) is 5.56 Å². The van der Waals surface area contributed by atoms with E-state index in [9.17, 15) is 4.79 Å². The zero-order chi connectivity index (χ0) is 14.2. The van der Waals surface area contributed by atoms with Crippen molar-refractivity contribution in [2.24, 2.45) is 0 Å². The Kier molecular flexibility index (Phi) is 2.57. The summed E-state index contributed by atoms with van der Waals surface area (Å²) in [5.41, 5.74) is 3.18. The molecule has 2 aromatic carbocycles. The number of fused-ring (bicyclic) bond motifs is 2. The van der Waals surface area contributed by atoms with Crippen LogP contribution >= 0.6 is 0 Å². The third-order valence-electron chi connectivity index (χ3n) is 3.47. The van der Waals surface area contributed by atoms with Crippen molar-refractivity contribution in [2.45, 2.75) is 0 Å². The molecule has 0 aromatic heterocycles. The molecule has 21 heavy (non-hydrogen) atoms. The number of ether oxygens (including phenoxy) is 2. The predicted octanol–water partition coefficient (Wildman–Crippen LogP) is 2.82. The second-order valence-corrected chi connectivity index (χ2v) is 4.77. The molecule has 1 amide bonds. The molecule has 0 aliphatic carbocycles. The van der Waals surface area contributed by atoms with Crippen molar-refractivity contribution in [2.75, 3.05) is 17.4 Å². The van der Waals surface area contributed by atoms with Gasteiger partial charge in [0, 0.05) is 29.2 Å². The number of hydrogen-bond donors (Lipinski definition) is 2. The van der Waals surface area contributed by atoms with Crippen LogP contribution < -0.4 is 20.1 Å². The van der Waals surface area contributed by atoms with Crippen molar-refractivity contribution in [1.82, 2.24) is 0 Å². The topological polar surface area (TPSA) is 59.6 Å². The van der Waals surface area contributed by atoms with Gasteiger partial charge in [0.2, 0.25) is 6.79 Å². The van der Waals surface area contributed by atoms with Gasteiger partial charge in [0.05, 0.1) is 5.57 Å². The molecule has 104 valence electrons. The summed E-state index contributed by atoms with van der Waals surface area (Å²) < 4.78 is 10.6. The van der Waals surface area contributed by atoms with E-state index in [1.165, 1.54) is 0 Å². The van der Waals surface area contributed by atoms with Crippen molar-refractivity contribution in [1.29, 1.82) is 0 Å². The van der Waals surface area contributed by atoms with Crippen molar-refractivity contribution in [3.63, 3.8) is 0 Å². The minimum atomic E-state index is -0.107. The summed E-state index contributed by atoms with van der Waals surface area (Å²) in [5.74, 6) is 1.33. The Balaban J connectivity index is 1.62. The summed E-state index contributed by atoms with van der Waals surface area (Å²) in [5, 5.41) is 5.96. The minimum absolute atomic E-state index is 0.107. The summed E-state index contributed by atoms with van der Waals surface area (Å²) in [6.07, 6.45) is 1.71. The first-order chi connectivity index (χ1) is 10.3. The third kappa shape index (κ3) is 1.99. The first kappa shape index (κ1) is 11.8. The molecule has 0 saturated carbocycles. The molecule has 5 nitrogen and oxygen atoms in total.